The first-order valence-corrected chi connectivity index (χ1v) is 4.53. The Balaban J connectivity index is 3.77. The zero-order valence-corrected chi connectivity index (χ0v) is 8.81. The van der Waals surface area contributed by atoms with E-state index < -0.39 is 0 Å². The van der Waals surface area contributed by atoms with Crippen LogP contribution in [0.2, 0.25) is 0 Å². The highest BCUT2D eigenvalue weighted by Crippen LogP contribution is 2.12. The highest BCUT2D eigenvalue weighted by atomic mass is 14.9. The molecule has 1 unspecified atom stereocenters. The molecular formula is C10H20N2. The summed E-state index contributed by atoms with van der Waals surface area (Å²) in [6.07, 6.45) is 0. The average molecular weight is 168 g/mol. The zero-order chi connectivity index (χ0) is 9.78. The van der Waals surface area contributed by atoms with Gasteiger partial charge in [-0.1, -0.05) is 13.8 Å². The Morgan fingerprint density at radius 2 is 1.83 bits per heavy atom. The van der Waals surface area contributed by atoms with E-state index in [0.717, 1.165) is 6.54 Å². The molecule has 0 aliphatic rings. The zero-order valence-electron chi connectivity index (χ0n) is 8.81. The second kappa shape index (κ2) is 4.47. The van der Waals surface area contributed by atoms with Crippen LogP contribution in [0.1, 0.15) is 34.6 Å². The van der Waals surface area contributed by atoms with Crippen molar-refractivity contribution in [1.29, 1.82) is 5.26 Å². The maximum absolute atomic E-state index is 8.76. The van der Waals surface area contributed by atoms with Gasteiger partial charge in [0.2, 0.25) is 0 Å². The van der Waals surface area contributed by atoms with Crippen molar-refractivity contribution in [3.05, 3.63) is 0 Å². The van der Waals surface area contributed by atoms with Crippen molar-refractivity contribution in [2.75, 3.05) is 6.54 Å². The smallest absolute Gasteiger partial charge is 0.0697 e. The third-order valence-electron chi connectivity index (χ3n) is 2.17. The maximum atomic E-state index is 8.76. The Hall–Kier alpha value is -0.550. The van der Waals surface area contributed by atoms with E-state index in [4.69, 9.17) is 5.26 Å². The lowest BCUT2D eigenvalue weighted by Gasteiger charge is -2.22. The van der Waals surface area contributed by atoms with Gasteiger partial charge in [0.1, 0.15) is 0 Å². The van der Waals surface area contributed by atoms with E-state index in [0.29, 0.717) is 12.0 Å². The minimum Gasteiger partial charge on any atom is -0.312 e. The van der Waals surface area contributed by atoms with Crippen molar-refractivity contribution in [3.63, 3.8) is 0 Å². The highest BCUT2D eigenvalue weighted by Gasteiger charge is 2.17. The fraction of sp³-hybridized carbons (Fsp3) is 0.900. The fourth-order valence-corrected chi connectivity index (χ4v) is 0.691. The monoisotopic (exact) mass is 168 g/mol. The minimum absolute atomic E-state index is 0.247. The number of nitriles is 1. The Labute approximate surface area is 76.0 Å². The van der Waals surface area contributed by atoms with Gasteiger partial charge in [-0.15, -0.1) is 0 Å². The molecule has 0 saturated heterocycles. The molecule has 0 amide bonds. The van der Waals surface area contributed by atoms with Crippen LogP contribution in [0.25, 0.3) is 0 Å². The number of nitrogens with one attached hydrogen (secondary N) is 1. The molecule has 0 aromatic heterocycles. The summed E-state index contributed by atoms with van der Waals surface area (Å²) in [5.41, 5.74) is -0.247. The van der Waals surface area contributed by atoms with E-state index in [2.05, 4.69) is 32.2 Å². The summed E-state index contributed by atoms with van der Waals surface area (Å²) < 4.78 is 0. The highest BCUT2D eigenvalue weighted by molar-refractivity contribution is 4.93. The molecule has 0 radical (unpaired) electrons. The molecule has 0 saturated carbocycles. The normalized spacial score (nSPS) is 14.4. The van der Waals surface area contributed by atoms with E-state index in [1.807, 2.05) is 13.8 Å². The van der Waals surface area contributed by atoms with Gasteiger partial charge in [0, 0.05) is 12.6 Å². The molecule has 1 atom stereocenters. The third-order valence-corrected chi connectivity index (χ3v) is 2.17. The van der Waals surface area contributed by atoms with Crippen molar-refractivity contribution in [3.8, 4) is 6.07 Å². The number of rotatable bonds is 4. The molecule has 0 aliphatic carbocycles. The summed E-state index contributed by atoms with van der Waals surface area (Å²) in [6, 6.07) is 2.76. The molecule has 70 valence electrons. The molecule has 0 heterocycles. The fourth-order valence-electron chi connectivity index (χ4n) is 0.691. The first-order chi connectivity index (χ1) is 5.39. The SMILES string of the molecule is CC(C)C(C)NCC(C)(C)C#N. The summed E-state index contributed by atoms with van der Waals surface area (Å²) >= 11 is 0. The Morgan fingerprint density at radius 3 is 2.17 bits per heavy atom. The van der Waals surface area contributed by atoms with Crippen molar-refractivity contribution in [2.24, 2.45) is 11.3 Å². The quantitative estimate of drug-likeness (QED) is 0.698. The lowest BCUT2D eigenvalue weighted by atomic mass is 9.95. The molecule has 12 heavy (non-hydrogen) atoms. The molecule has 0 aliphatic heterocycles. The predicted octanol–water partition coefficient (Wildman–Crippen LogP) is 2.17. The maximum Gasteiger partial charge on any atom is 0.0697 e. The van der Waals surface area contributed by atoms with E-state index in [-0.39, 0.29) is 5.41 Å². The van der Waals surface area contributed by atoms with Crippen molar-refractivity contribution < 1.29 is 0 Å². The molecule has 2 nitrogen and oxygen atoms in total. The van der Waals surface area contributed by atoms with Gasteiger partial charge in [-0.25, -0.2) is 0 Å². The molecule has 0 bridgehead atoms. The first kappa shape index (κ1) is 11.4. The van der Waals surface area contributed by atoms with Crippen LogP contribution in [-0.2, 0) is 0 Å². The van der Waals surface area contributed by atoms with Crippen LogP contribution >= 0.6 is 0 Å². The summed E-state index contributed by atoms with van der Waals surface area (Å²) in [6.45, 7) is 11.2. The van der Waals surface area contributed by atoms with Crippen LogP contribution in [0.5, 0.6) is 0 Å². The van der Waals surface area contributed by atoms with Crippen LogP contribution < -0.4 is 5.32 Å². The summed E-state index contributed by atoms with van der Waals surface area (Å²) in [7, 11) is 0. The predicted molar refractivity (Wildman–Crippen MR) is 51.7 cm³/mol. The summed E-state index contributed by atoms with van der Waals surface area (Å²) in [5, 5.41) is 12.1. The van der Waals surface area contributed by atoms with Crippen LogP contribution in [0, 0.1) is 22.7 Å². The Morgan fingerprint density at radius 1 is 1.33 bits per heavy atom. The van der Waals surface area contributed by atoms with Gasteiger partial charge in [-0.05, 0) is 26.7 Å². The molecule has 0 rings (SSSR count). The van der Waals surface area contributed by atoms with Gasteiger partial charge in [0.05, 0.1) is 11.5 Å². The molecule has 0 aromatic rings. The Kier molecular flexibility index (Phi) is 4.26. The van der Waals surface area contributed by atoms with E-state index in [1.54, 1.807) is 0 Å². The minimum atomic E-state index is -0.247. The largest absolute Gasteiger partial charge is 0.312 e. The molecule has 1 N–H and O–H groups in total. The lowest BCUT2D eigenvalue weighted by molar-refractivity contribution is 0.362. The van der Waals surface area contributed by atoms with Gasteiger partial charge < -0.3 is 5.32 Å². The molecular weight excluding hydrogens is 148 g/mol. The summed E-state index contributed by atoms with van der Waals surface area (Å²) in [5.74, 6) is 0.625. The first-order valence-electron chi connectivity index (χ1n) is 4.53. The Bertz CT molecular complexity index is 165. The second-order valence-corrected chi connectivity index (χ2v) is 4.41. The number of hydrogen-bond acceptors (Lipinski definition) is 2. The van der Waals surface area contributed by atoms with Crippen LogP contribution in [0.4, 0.5) is 0 Å². The van der Waals surface area contributed by atoms with Crippen LogP contribution in [0.15, 0.2) is 0 Å². The van der Waals surface area contributed by atoms with Crippen LogP contribution in [0.3, 0.4) is 0 Å². The third kappa shape index (κ3) is 4.35. The van der Waals surface area contributed by atoms with Crippen molar-refractivity contribution >= 4 is 0 Å². The van der Waals surface area contributed by atoms with E-state index >= 15 is 0 Å². The van der Waals surface area contributed by atoms with Gasteiger partial charge in [-0.3, -0.25) is 0 Å². The van der Waals surface area contributed by atoms with E-state index in [9.17, 15) is 0 Å². The van der Waals surface area contributed by atoms with Gasteiger partial charge in [0.15, 0.2) is 0 Å². The topological polar surface area (TPSA) is 35.8 Å². The second-order valence-electron chi connectivity index (χ2n) is 4.41. The number of hydrogen-bond donors (Lipinski definition) is 1. The van der Waals surface area contributed by atoms with Crippen molar-refractivity contribution in [1.82, 2.24) is 5.32 Å². The van der Waals surface area contributed by atoms with E-state index in [1.165, 1.54) is 0 Å². The standard InChI is InChI=1S/C10H20N2/c1-8(2)9(3)12-7-10(4,5)6-11/h8-9,12H,7H2,1-5H3. The molecule has 0 aromatic carbocycles. The lowest BCUT2D eigenvalue weighted by Crippen LogP contribution is -2.37. The van der Waals surface area contributed by atoms with Gasteiger partial charge in [-0.2, -0.15) is 5.26 Å². The summed E-state index contributed by atoms with van der Waals surface area (Å²) in [4.78, 5) is 0. The molecule has 0 fully saturated rings. The molecule has 0 spiro atoms. The van der Waals surface area contributed by atoms with Crippen LogP contribution in [-0.4, -0.2) is 12.6 Å². The van der Waals surface area contributed by atoms with Gasteiger partial charge >= 0.3 is 0 Å². The van der Waals surface area contributed by atoms with Gasteiger partial charge in [0.25, 0.3) is 0 Å². The van der Waals surface area contributed by atoms with Crippen molar-refractivity contribution in [2.45, 2.75) is 40.7 Å². The molecule has 2 heteroatoms. The average Bonchev–Trinajstić information content (AvgIpc) is 2.00. The number of nitrogens with zero attached hydrogens (tertiary/aromatic N) is 1.